The highest BCUT2D eigenvalue weighted by atomic mass is 79.9. The molecule has 0 spiro atoms. The highest BCUT2D eigenvalue weighted by Crippen LogP contribution is 2.15. The molecule has 0 saturated heterocycles. The predicted octanol–water partition coefficient (Wildman–Crippen LogP) is 5.10. The fraction of sp³-hybridized carbons (Fsp3) is 0.0909. The minimum atomic E-state index is -0.275. The Morgan fingerprint density at radius 3 is 2.44 bits per heavy atom. The van der Waals surface area contributed by atoms with Crippen molar-refractivity contribution in [2.75, 3.05) is 0 Å². The number of carbonyl (C=O) groups is 1. The molecule has 0 aromatic heterocycles. The summed E-state index contributed by atoms with van der Waals surface area (Å²) >= 11 is 3.43. The first-order valence-corrected chi connectivity index (χ1v) is 9.27. The van der Waals surface area contributed by atoms with Crippen molar-refractivity contribution in [1.82, 2.24) is 5.43 Å². The van der Waals surface area contributed by atoms with Gasteiger partial charge < -0.3 is 4.74 Å². The Morgan fingerprint density at radius 2 is 1.74 bits per heavy atom. The Labute approximate surface area is 167 Å². The smallest absolute Gasteiger partial charge is 0.271 e. The zero-order chi connectivity index (χ0) is 19.1. The van der Waals surface area contributed by atoms with Crippen molar-refractivity contribution in [2.24, 2.45) is 5.10 Å². The number of nitrogens with zero attached hydrogens (tertiary/aromatic N) is 1. The van der Waals surface area contributed by atoms with Gasteiger partial charge >= 0.3 is 0 Å². The minimum Gasteiger partial charge on any atom is -0.489 e. The summed E-state index contributed by atoms with van der Waals surface area (Å²) < 4.78 is 6.67. The second-order valence-electron chi connectivity index (χ2n) is 6.02. The predicted molar refractivity (Wildman–Crippen MR) is 111 cm³/mol. The fourth-order valence-electron chi connectivity index (χ4n) is 2.36. The standard InChI is InChI=1S/C22H19BrN2O2/c1-16-6-8-17(9-7-16)15-27-20-12-10-18(11-13-20)22(26)25-24-14-19-4-2-3-5-21(19)23/h2-14H,15H2,1H3,(H,25,26)/b24-14-. The number of benzene rings is 3. The summed E-state index contributed by atoms with van der Waals surface area (Å²) in [7, 11) is 0. The van der Waals surface area contributed by atoms with Crippen LogP contribution < -0.4 is 10.2 Å². The van der Waals surface area contributed by atoms with E-state index in [1.807, 2.05) is 36.4 Å². The monoisotopic (exact) mass is 422 g/mol. The van der Waals surface area contributed by atoms with Crippen LogP contribution in [0.25, 0.3) is 0 Å². The summed E-state index contributed by atoms with van der Waals surface area (Å²) in [6, 6.07) is 22.8. The van der Waals surface area contributed by atoms with Crippen LogP contribution in [0.4, 0.5) is 0 Å². The highest BCUT2D eigenvalue weighted by molar-refractivity contribution is 9.10. The van der Waals surface area contributed by atoms with Crippen molar-refractivity contribution in [3.05, 3.63) is 99.5 Å². The van der Waals surface area contributed by atoms with Gasteiger partial charge in [0, 0.05) is 15.6 Å². The summed E-state index contributed by atoms with van der Waals surface area (Å²) in [5.74, 6) is 0.437. The molecule has 3 aromatic rings. The summed E-state index contributed by atoms with van der Waals surface area (Å²) in [6.07, 6.45) is 1.60. The van der Waals surface area contributed by atoms with Crippen LogP contribution in [0, 0.1) is 6.92 Å². The number of halogens is 1. The van der Waals surface area contributed by atoms with Crippen LogP contribution >= 0.6 is 15.9 Å². The molecule has 0 bridgehead atoms. The Hall–Kier alpha value is -2.92. The Balaban J connectivity index is 1.54. The molecule has 3 aromatic carbocycles. The van der Waals surface area contributed by atoms with Crippen molar-refractivity contribution in [1.29, 1.82) is 0 Å². The second-order valence-corrected chi connectivity index (χ2v) is 6.87. The lowest BCUT2D eigenvalue weighted by atomic mass is 10.2. The zero-order valence-electron chi connectivity index (χ0n) is 14.9. The van der Waals surface area contributed by atoms with E-state index < -0.39 is 0 Å². The van der Waals surface area contributed by atoms with Gasteiger partial charge in [0.2, 0.25) is 0 Å². The average Bonchev–Trinajstić information content (AvgIpc) is 2.69. The van der Waals surface area contributed by atoms with E-state index in [1.165, 1.54) is 5.56 Å². The Kier molecular flexibility index (Phi) is 6.39. The molecule has 0 aliphatic heterocycles. The number of nitrogens with one attached hydrogen (secondary N) is 1. The fourth-order valence-corrected chi connectivity index (χ4v) is 2.75. The van der Waals surface area contributed by atoms with E-state index >= 15 is 0 Å². The molecule has 5 heteroatoms. The third kappa shape index (κ3) is 5.53. The minimum absolute atomic E-state index is 0.275. The maximum absolute atomic E-state index is 12.2. The molecule has 0 aliphatic rings. The van der Waals surface area contributed by atoms with Crippen molar-refractivity contribution < 1.29 is 9.53 Å². The normalized spacial score (nSPS) is 10.7. The van der Waals surface area contributed by atoms with Crippen LogP contribution in [0.15, 0.2) is 82.4 Å². The zero-order valence-corrected chi connectivity index (χ0v) is 16.4. The molecule has 0 heterocycles. The van der Waals surface area contributed by atoms with Crippen LogP contribution in [0.5, 0.6) is 5.75 Å². The second kappa shape index (κ2) is 9.14. The number of hydrogen-bond donors (Lipinski definition) is 1. The van der Waals surface area contributed by atoms with Gasteiger partial charge in [-0.05, 0) is 42.8 Å². The largest absolute Gasteiger partial charge is 0.489 e. The quantitative estimate of drug-likeness (QED) is 0.443. The van der Waals surface area contributed by atoms with Crippen LogP contribution in [-0.4, -0.2) is 12.1 Å². The lowest BCUT2D eigenvalue weighted by Gasteiger charge is -2.07. The molecule has 0 atom stereocenters. The van der Waals surface area contributed by atoms with Gasteiger partial charge in [-0.25, -0.2) is 5.43 Å². The van der Waals surface area contributed by atoms with E-state index in [9.17, 15) is 4.79 Å². The van der Waals surface area contributed by atoms with Gasteiger partial charge in [-0.3, -0.25) is 4.79 Å². The van der Waals surface area contributed by atoms with Crippen molar-refractivity contribution in [2.45, 2.75) is 13.5 Å². The molecule has 27 heavy (non-hydrogen) atoms. The Bertz CT molecular complexity index is 935. The number of amides is 1. The van der Waals surface area contributed by atoms with E-state index in [0.29, 0.717) is 17.9 Å². The van der Waals surface area contributed by atoms with E-state index in [4.69, 9.17) is 4.74 Å². The van der Waals surface area contributed by atoms with Crippen LogP contribution in [0.1, 0.15) is 27.0 Å². The van der Waals surface area contributed by atoms with Gasteiger partial charge in [-0.1, -0.05) is 64.0 Å². The van der Waals surface area contributed by atoms with Crippen LogP contribution in [0.3, 0.4) is 0 Å². The summed E-state index contributed by atoms with van der Waals surface area (Å²) in [5.41, 5.74) is 6.25. The number of rotatable bonds is 6. The molecular weight excluding hydrogens is 404 g/mol. The number of aryl methyl sites for hydroxylation is 1. The first kappa shape index (κ1) is 18.9. The average molecular weight is 423 g/mol. The molecule has 0 fully saturated rings. The van der Waals surface area contributed by atoms with Gasteiger partial charge in [0.25, 0.3) is 5.91 Å². The van der Waals surface area contributed by atoms with E-state index in [-0.39, 0.29) is 5.91 Å². The van der Waals surface area contributed by atoms with Gasteiger partial charge in [-0.2, -0.15) is 5.10 Å². The topological polar surface area (TPSA) is 50.7 Å². The number of hydrazone groups is 1. The molecule has 0 aliphatic carbocycles. The van der Waals surface area contributed by atoms with Crippen molar-refractivity contribution in [3.63, 3.8) is 0 Å². The van der Waals surface area contributed by atoms with E-state index in [0.717, 1.165) is 15.6 Å². The summed E-state index contributed by atoms with van der Waals surface area (Å²) in [5, 5.41) is 4.00. The number of hydrogen-bond acceptors (Lipinski definition) is 3. The third-order valence-corrected chi connectivity index (χ3v) is 4.64. The molecular formula is C22H19BrN2O2. The number of carbonyl (C=O) groups excluding carboxylic acids is 1. The number of ether oxygens (including phenoxy) is 1. The third-order valence-electron chi connectivity index (χ3n) is 3.92. The van der Waals surface area contributed by atoms with Gasteiger partial charge in [0.1, 0.15) is 12.4 Å². The highest BCUT2D eigenvalue weighted by Gasteiger charge is 2.05. The molecule has 1 N–H and O–H groups in total. The molecule has 136 valence electrons. The maximum Gasteiger partial charge on any atom is 0.271 e. The Morgan fingerprint density at radius 1 is 1.04 bits per heavy atom. The SMILES string of the molecule is Cc1ccc(COc2ccc(C(=O)N/N=C\c3ccccc3Br)cc2)cc1. The lowest BCUT2D eigenvalue weighted by Crippen LogP contribution is -2.17. The van der Waals surface area contributed by atoms with E-state index in [2.05, 4.69) is 45.5 Å². The lowest BCUT2D eigenvalue weighted by molar-refractivity contribution is 0.0955. The van der Waals surface area contributed by atoms with Crippen LogP contribution in [-0.2, 0) is 6.61 Å². The van der Waals surface area contributed by atoms with Crippen molar-refractivity contribution in [3.8, 4) is 5.75 Å². The molecule has 0 saturated carbocycles. The first-order chi connectivity index (χ1) is 13.1. The first-order valence-electron chi connectivity index (χ1n) is 8.48. The molecule has 4 nitrogen and oxygen atoms in total. The molecule has 0 radical (unpaired) electrons. The van der Waals surface area contributed by atoms with E-state index in [1.54, 1.807) is 30.5 Å². The summed E-state index contributed by atoms with van der Waals surface area (Å²) in [6.45, 7) is 2.54. The maximum atomic E-state index is 12.2. The molecule has 1 amide bonds. The van der Waals surface area contributed by atoms with Gasteiger partial charge in [0.15, 0.2) is 0 Å². The van der Waals surface area contributed by atoms with Gasteiger partial charge in [0.05, 0.1) is 6.21 Å². The molecule has 0 unspecified atom stereocenters. The summed E-state index contributed by atoms with van der Waals surface area (Å²) in [4.78, 5) is 12.2. The van der Waals surface area contributed by atoms with Gasteiger partial charge in [-0.15, -0.1) is 0 Å². The molecule has 3 rings (SSSR count). The van der Waals surface area contributed by atoms with Crippen molar-refractivity contribution >= 4 is 28.1 Å². The van der Waals surface area contributed by atoms with Crippen LogP contribution in [0.2, 0.25) is 0 Å².